The number of carbonyl (C=O) groups excluding carboxylic acids is 1. The molecule has 5 heteroatoms. The Balaban J connectivity index is 2.23. The number of carbonyl (C=O) groups is 1. The average molecular weight is 293 g/mol. The van der Waals surface area contributed by atoms with E-state index in [2.05, 4.69) is 0 Å². The molecular formula is C16H23NO4. The molecule has 1 fully saturated rings. The fraction of sp³-hybridized carbons (Fsp3) is 0.562. The van der Waals surface area contributed by atoms with Crippen molar-refractivity contribution in [3.05, 3.63) is 23.3 Å². The van der Waals surface area contributed by atoms with Gasteiger partial charge in [-0.15, -0.1) is 0 Å². The lowest BCUT2D eigenvalue weighted by atomic mass is 9.93. The standard InChI is InChI=1S/C16H23NO4/c1-11-13(20-3)9-12(10-14(11)21-4)15(18)17-7-5-16(2,19)6-8-17/h9-10,19H,5-8H2,1-4H3. The topological polar surface area (TPSA) is 59.0 Å². The fourth-order valence-corrected chi connectivity index (χ4v) is 2.58. The Bertz CT molecular complexity index is 504. The van der Waals surface area contributed by atoms with Gasteiger partial charge in [0.05, 0.1) is 19.8 Å². The molecule has 0 saturated carbocycles. The number of benzene rings is 1. The van der Waals surface area contributed by atoms with Gasteiger partial charge in [-0.3, -0.25) is 4.79 Å². The molecule has 1 aromatic rings. The van der Waals surface area contributed by atoms with Crippen molar-refractivity contribution < 1.29 is 19.4 Å². The summed E-state index contributed by atoms with van der Waals surface area (Å²) in [6.45, 7) is 4.82. The molecule has 1 aliphatic rings. The Labute approximate surface area is 125 Å². The minimum Gasteiger partial charge on any atom is -0.496 e. The van der Waals surface area contributed by atoms with Crippen molar-refractivity contribution in [2.24, 2.45) is 0 Å². The number of hydrogen-bond donors (Lipinski definition) is 1. The first kappa shape index (κ1) is 15.6. The Morgan fingerprint density at radius 3 is 2.10 bits per heavy atom. The van der Waals surface area contributed by atoms with E-state index in [1.54, 1.807) is 31.3 Å². The van der Waals surface area contributed by atoms with Gasteiger partial charge in [0.25, 0.3) is 5.91 Å². The lowest BCUT2D eigenvalue weighted by molar-refractivity contribution is -0.00204. The maximum Gasteiger partial charge on any atom is 0.254 e. The number of ether oxygens (including phenoxy) is 2. The molecule has 1 heterocycles. The summed E-state index contributed by atoms with van der Waals surface area (Å²) in [6.07, 6.45) is 1.19. The maximum absolute atomic E-state index is 12.6. The van der Waals surface area contributed by atoms with E-state index < -0.39 is 5.60 Å². The normalized spacial score (nSPS) is 17.5. The number of aliphatic hydroxyl groups is 1. The van der Waals surface area contributed by atoms with E-state index in [0.717, 1.165) is 5.56 Å². The molecular weight excluding hydrogens is 270 g/mol. The number of methoxy groups -OCH3 is 2. The summed E-state index contributed by atoms with van der Waals surface area (Å²) in [5.74, 6) is 1.23. The highest BCUT2D eigenvalue weighted by Gasteiger charge is 2.30. The van der Waals surface area contributed by atoms with E-state index >= 15 is 0 Å². The Morgan fingerprint density at radius 2 is 1.67 bits per heavy atom. The minimum atomic E-state index is -0.667. The van der Waals surface area contributed by atoms with Gasteiger partial charge in [0.15, 0.2) is 0 Å². The number of rotatable bonds is 3. The summed E-state index contributed by atoms with van der Waals surface area (Å²) in [5.41, 5.74) is 0.758. The van der Waals surface area contributed by atoms with Crippen molar-refractivity contribution >= 4 is 5.91 Å². The molecule has 0 aliphatic carbocycles. The number of likely N-dealkylation sites (tertiary alicyclic amines) is 1. The van der Waals surface area contributed by atoms with Gasteiger partial charge in [-0.1, -0.05) is 0 Å². The molecule has 1 saturated heterocycles. The Hall–Kier alpha value is -1.75. The second-order valence-corrected chi connectivity index (χ2v) is 5.79. The van der Waals surface area contributed by atoms with Gasteiger partial charge in [-0.05, 0) is 38.8 Å². The van der Waals surface area contributed by atoms with Gasteiger partial charge < -0.3 is 19.5 Å². The Morgan fingerprint density at radius 1 is 1.19 bits per heavy atom. The van der Waals surface area contributed by atoms with Crippen molar-refractivity contribution in [3.63, 3.8) is 0 Å². The van der Waals surface area contributed by atoms with Gasteiger partial charge in [-0.2, -0.15) is 0 Å². The Kier molecular flexibility index (Phi) is 4.42. The third-order valence-electron chi connectivity index (χ3n) is 4.13. The first-order chi connectivity index (χ1) is 9.88. The van der Waals surface area contributed by atoms with Crippen LogP contribution < -0.4 is 9.47 Å². The quantitative estimate of drug-likeness (QED) is 0.926. The molecule has 0 atom stereocenters. The summed E-state index contributed by atoms with van der Waals surface area (Å²) in [4.78, 5) is 14.4. The van der Waals surface area contributed by atoms with Crippen molar-refractivity contribution in [1.29, 1.82) is 0 Å². The number of amides is 1. The van der Waals surface area contributed by atoms with Crippen LogP contribution in [0.1, 0.15) is 35.7 Å². The molecule has 2 rings (SSSR count). The van der Waals surface area contributed by atoms with Crippen molar-refractivity contribution in [2.45, 2.75) is 32.3 Å². The highest BCUT2D eigenvalue weighted by molar-refractivity contribution is 5.95. The van der Waals surface area contributed by atoms with Crippen LogP contribution in [0.3, 0.4) is 0 Å². The molecule has 116 valence electrons. The number of hydrogen-bond acceptors (Lipinski definition) is 4. The zero-order valence-corrected chi connectivity index (χ0v) is 13.1. The highest BCUT2D eigenvalue weighted by atomic mass is 16.5. The molecule has 0 spiro atoms. The van der Waals surface area contributed by atoms with E-state index in [-0.39, 0.29) is 5.91 Å². The van der Waals surface area contributed by atoms with E-state index in [0.29, 0.717) is 43.0 Å². The highest BCUT2D eigenvalue weighted by Crippen LogP contribution is 2.31. The minimum absolute atomic E-state index is 0.0536. The predicted octanol–water partition coefficient (Wildman–Crippen LogP) is 2.00. The average Bonchev–Trinajstić information content (AvgIpc) is 2.47. The van der Waals surface area contributed by atoms with Crippen LogP contribution >= 0.6 is 0 Å². The second-order valence-electron chi connectivity index (χ2n) is 5.79. The van der Waals surface area contributed by atoms with Gasteiger partial charge in [0, 0.05) is 24.2 Å². The van der Waals surface area contributed by atoms with E-state index in [1.807, 2.05) is 13.8 Å². The van der Waals surface area contributed by atoms with Crippen LogP contribution in [0.15, 0.2) is 12.1 Å². The molecule has 5 nitrogen and oxygen atoms in total. The summed E-state index contributed by atoms with van der Waals surface area (Å²) < 4.78 is 10.6. The van der Waals surface area contributed by atoms with E-state index in [1.165, 1.54) is 0 Å². The van der Waals surface area contributed by atoms with Gasteiger partial charge in [-0.25, -0.2) is 0 Å². The van der Waals surface area contributed by atoms with Crippen LogP contribution in [0, 0.1) is 6.92 Å². The van der Waals surface area contributed by atoms with Crippen LogP contribution in [0.2, 0.25) is 0 Å². The number of nitrogens with zero attached hydrogens (tertiary/aromatic N) is 1. The van der Waals surface area contributed by atoms with E-state index in [9.17, 15) is 9.90 Å². The van der Waals surface area contributed by atoms with Crippen molar-refractivity contribution in [3.8, 4) is 11.5 Å². The molecule has 21 heavy (non-hydrogen) atoms. The summed E-state index contributed by atoms with van der Waals surface area (Å²) in [5, 5.41) is 9.97. The second kappa shape index (κ2) is 5.93. The third-order valence-corrected chi connectivity index (χ3v) is 4.13. The largest absolute Gasteiger partial charge is 0.496 e. The van der Waals surface area contributed by atoms with Gasteiger partial charge in [0.1, 0.15) is 11.5 Å². The molecule has 0 bridgehead atoms. The first-order valence-corrected chi connectivity index (χ1v) is 7.12. The summed E-state index contributed by atoms with van der Waals surface area (Å²) in [7, 11) is 3.16. The smallest absolute Gasteiger partial charge is 0.254 e. The van der Waals surface area contributed by atoms with Gasteiger partial charge >= 0.3 is 0 Å². The van der Waals surface area contributed by atoms with Gasteiger partial charge in [0.2, 0.25) is 0 Å². The fourth-order valence-electron chi connectivity index (χ4n) is 2.58. The molecule has 0 unspecified atom stereocenters. The van der Waals surface area contributed by atoms with Crippen LogP contribution in [-0.4, -0.2) is 48.8 Å². The summed E-state index contributed by atoms with van der Waals surface area (Å²) in [6, 6.07) is 3.49. The molecule has 1 amide bonds. The van der Waals surface area contributed by atoms with Crippen molar-refractivity contribution in [1.82, 2.24) is 4.90 Å². The molecule has 1 aromatic carbocycles. The molecule has 1 aliphatic heterocycles. The zero-order valence-electron chi connectivity index (χ0n) is 13.1. The first-order valence-electron chi connectivity index (χ1n) is 7.12. The van der Waals surface area contributed by atoms with E-state index in [4.69, 9.17) is 9.47 Å². The lowest BCUT2D eigenvalue weighted by Crippen LogP contribution is -2.45. The predicted molar refractivity (Wildman–Crippen MR) is 80.0 cm³/mol. The van der Waals surface area contributed by atoms with Crippen LogP contribution in [0.25, 0.3) is 0 Å². The lowest BCUT2D eigenvalue weighted by Gasteiger charge is -2.35. The van der Waals surface area contributed by atoms with Crippen molar-refractivity contribution in [2.75, 3.05) is 27.3 Å². The molecule has 0 radical (unpaired) electrons. The third kappa shape index (κ3) is 3.29. The van der Waals surface area contributed by atoms with Crippen LogP contribution in [0.5, 0.6) is 11.5 Å². The van der Waals surface area contributed by atoms with Crippen LogP contribution in [-0.2, 0) is 0 Å². The molecule has 1 N–H and O–H groups in total. The maximum atomic E-state index is 12.6. The monoisotopic (exact) mass is 293 g/mol. The summed E-state index contributed by atoms with van der Waals surface area (Å²) >= 11 is 0. The SMILES string of the molecule is COc1cc(C(=O)N2CCC(C)(O)CC2)cc(OC)c1C. The molecule has 0 aromatic heterocycles. The van der Waals surface area contributed by atoms with Crippen LogP contribution in [0.4, 0.5) is 0 Å². The zero-order chi connectivity index (χ0) is 15.6. The number of piperidine rings is 1.